The van der Waals surface area contributed by atoms with Crippen molar-refractivity contribution in [1.29, 1.82) is 0 Å². The van der Waals surface area contributed by atoms with Crippen LogP contribution in [-0.4, -0.2) is 44.6 Å². The predicted octanol–water partition coefficient (Wildman–Crippen LogP) is 4.07. The minimum absolute atomic E-state index is 0. The Hall–Kier alpha value is -0.820. The molecule has 2 N–H and O–H groups in total. The maximum atomic E-state index is 4.39. The smallest absolute Gasteiger partial charge is 0.191 e. The molecule has 0 aliphatic carbocycles. The highest BCUT2D eigenvalue weighted by Crippen LogP contribution is 2.16. The van der Waals surface area contributed by atoms with E-state index in [1.54, 1.807) is 0 Å². The third kappa shape index (κ3) is 7.82. The summed E-state index contributed by atoms with van der Waals surface area (Å²) in [4.78, 5) is 6.82. The highest BCUT2D eigenvalue weighted by molar-refractivity contribution is 14.0. The van der Waals surface area contributed by atoms with E-state index in [0.29, 0.717) is 11.8 Å². The van der Waals surface area contributed by atoms with Crippen molar-refractivity contribution in [3.05, 3.63) is 35.4 Å². The van der Waals surface area contributed by atoms with E-state index in [-0.39, 0.29) is 30.0 Å². The molecule has 1 aliphatic heterocycles. The van der Waals surface area contributed by atoms with Crippen LogP contribution in [0.2, 0.25) is 0 Å². The lowest BCUT2D eigenvalue weighted by atomic mass is 9.98. The lowest BCUT2D eigenvalue weighted by Crippen LogP contribution is -2.44. The van der Waals surface area contributed by atoms with Gasteiger partial charge in [-0.15, -0.1) is 24.0 Å². The Morgan fingerprint density at radius 3 is 2.50 bits per heavy atom. The van der Waals surface area contributed by atoms with Gasteiger partial charge in [-0.2, -0.15) is 0 Å². The highest BCUT2D eigenvalue weighted by atomic mass is 127. The first-order chi connectivity index (χ1) is 12.0. The molecule has 0 saturated carbocycles. The van der Waals surface area contributed by atoms with Crippen molar-refractivity contribution in [2.24, 2.45) is 16.8 Å². The fourth-order valence-corrected chi connectivity index (χ4v) is 3.58. The topological polar surface area (TPSA) is 39.7 Å². The Morgan fingerprint density at radius 1 is 1.23 bits per heavy atom. The molecule has 1 aromatic carbocycles. The Labute approximate surface area is 177 Å². The summed E-state index contributed by atoms with van der Waals surface area (Å²) in [6.07, 6.45) is 3.75. The molecule has 0 amide bonds. The van der Waals surface area contributed by atoms with Crippen LogP contribution in [0, 0.1) is 11.8 Å². The zero-order chi connectivity index (χ0) is 18.2. The second-order valence-electron chi connectivity index (χ2n) is 7.93. The summed E-state index contributed by atoms with van der Waals surface area (Å²) in [5.74, 6) is 2.30. The second kappa shape index (κ2) is 11.8. The molecule has 26 heavy (non-hydrogen) atoms. The largest absolute Gasteiger partial charge is 0.356 e. The molecule has 0 bridgehead atoms. The molecule has 5 heteroatoms. The number of likely N-dealkylation sites (tertiary alicyclic amines) is 1. The third-order valence-corrected chi connectivity index (χ3v) is 4.98. The first-order valence-corrected chi connectivity index (χ1v) is 9.72. The molecule has 0 spiro atoms. The maximum absolute atomic E-state index is 4.39. The summed E-state index contributed by atoms with van der Waals surface area (Å²) in [5.41, 5.74) is 2.71. The quantitative estimate of drug-likeness (QED) is 0.373. The van der Waals surface area contributed by atoms with Gasteiger partial charge in [-0.3, -0.25) is 4.99 Å². The van der Waals surface area contributed by atoms with Crippen molar-refractivity contribution in [1.82, 2.24) is 15.5 Å². The monoisotopic (exact) mass is 472 g/mol. The van der Waals surface area contributed by atoms with Gasteiger partial charge in [0.2, 0.25) is 0 Å². The van der Waals surface area contributed by atoms with Gasteiger partial charge in [-0.25, -0.2) is 0 Å². The van der Waals surface area contributed by atoms with E-state index >= 15 is 0 Å². The molecule has 2 rings (SSSR count). The summed E-state index contributed by atoms with van der Waals surface area (Å²) in [7, 11) is 4.06. The van der Waals surface area contributed by atoms with E-state index in [1.807, 2.05) is 7.05 Å². The molecule has 1 heterocycles. The van der Waals surface area contributed by atoms with Gasteiger partial charge in [0.15, 0.2) is 5.96 Å². The molecule has 1 saturated heterocycles. The number of rotatable bonds is 6. The number of halogens is 1. The second-order valence-corrected chi connectivity index (χ2v) is 7.93. The van der Waals surface area contributed by atoms with Crippen LogP contribution >= 0.6 is 24.0 Å². The fraction of sp³-hybridized carbons (Fsp3) is 0.667. The predicted molar refractivity (Wildman–Crippen MR) is 124 cm³/mol. The zero-order valence-corrected chi connectivity index (χ0v) is 19.4. The summed E-state index contributed by atoms with van der Waals surface area (Å²) in [6.45, 7) is 10.1. The van der Waals surface area contributed by atoms with Gasteiger partial charge in [0, 0.05) is 20.1 Å². The first-order valence-electron chi connectivity index (χ1n) is 9.72. The van der Waals surface area contributed by atoms with Crippen LogP contribution in [-0.2, 0) is 6.42 Å². The molecule has 2 unspecified atom stereocenters. The fourth-order valence-electron chi connectivity index (χ4n) is 3.58. The van der Waals surface area contributed by atoms with E-state index < -0.39 is 0 Å². The molecule has 1 aromatic rings. The average molecular weight is 472 g/mol. The van der Waals surface area contributed by atoms with Crippen molar-refractivity contribution in [2.75, 3.05) is 33.7 Å². The number of nitrogens with one attached hydrogen (secondary N) is 2. The zero-order valence-electron chi connectivity index (χ0n) is 17.1. The van der Waals surface area contributed by atoms with Gasteiger partial charge in [-0.05, 0) is 62.7 Å². The van der Waals surface area contributed by atoms with Crippen LogP contribution in [0.5, 0.6) is 0 Å². The van der Waals surface area contributed by atoms with Gasteiger partial charge < -0.3 is 15.5 Å². The SMILES string of the molecule is CN=C(NCC1CCCN(C)C1)NC(C)c1ccc(CC(C)C)cc1.I. The van der Waals surface area contributed by atoms with Gasteiger partial charge in [0.05, 0.1) is 6.04 Å². The van der Waals surface area contributed by atoms with Crippen LogP contribution in [0.4, 0.5) is 0 Å². The molecule has 0 aromatic heterocycles. The lowest BCUT2D eigenvalue weighted by Gasteiger charge is -2.30. The number of guanidine groups is 1. The van der Waals surface area contributed by atoms with Crippen LogP contribution < -0.4 is 10.6 Å². The average Bonchev–Trinajstić information content (AvgIpc) is 2.58. The summed E-state index contributed by atoms with van der Waals surface area (Å²) < 4.78 is 0. The van der Waals surface area contributed by atoms with Gasteiger partial charge >= 0.3 is 0 Å². The van der Waals surface area contributed by atoms with Crippen molar-refractivity contribution in [2.45, 2.75) is 46.1 Å². The molecular weight excluding hydrogens is 435 g/mol. The van der Waals surface area contributed by atoms with Gasteiger partial charge in [-0.1, -0.05) is 38.1 Å². The van der Waals surface area contributed by atoms with E-state index in [9.17, 15) is 0 Å². The Morgan fingerprint density at radius 2 is 1.92 bits per heavy atom. The van der Waals surface area contributed by atoms with Gasteiger partial charge in [0.1, 0.15) is 0 Å². The summed E-state index contributed by atoms with van der Waals surface area (Å²) in [6, 6.07) is 9.22. The molecular formula is C21H37IN4. The van der Waals surface area contributed by atoms with E-state index in [1.165, 1.54) is 37.1 Å². The number of hydrogen-bond acceptors (Lipinski definition) is 2. The van der Waals surface area contributed by atoms with Crippen molar-refractivity contribution < 1.29 is 0 Å². The Balaban J connectivity index is 0.00000338. The van der Waals surface area contributed by atoms with E-state index in [4.69, 9.17) is 0 Å². The standard InChI is InChI=1S/C21H36N4.HI/c1-16(2)13-18-8-10-20(11-9-18)17(3)24-21(22-4)23-14-19-7-6-12-25(5)15-19;/h8-11,16-17,19H,6-7,12-15H2,1-5H3,(H2,22,23,24);1H. The molecule has 4 nitrogen and oxygen atoms in total. The Kier molecular flexibility index (Phi) is 10.5. The maximum Gasteiger partial charge on any atom is 0.191 e. The molecule has 148 valence electrons. The number of piperidine rings is 1. The number of hydrogen-bond donors (Lipinski definition) is 2. The lowest BCUT2D eigenvalue weighted by molar-refractivity contribution is 0.210. The number of benzene rings is 1. The Bertz CT molecular complexity index is 541. The highest BCUT2D eigenvalue weighted by Gasteiger charge is 2.17. The van der Waals surface area contributed by atoms with Gasteiger partial charge in [0.25, 0.3) is 0 Å². The van der Waals surface area contributed by atoms with E-state index in [0.717, 1.165) is 18.9 Å². The number of aliphatic imine (C=N–C) groups is 1. The minimum Gasteiger partial charge on any atom is -0.356 e. The van der Waals surface area contributed by atoms with E-state index in [2.05, 4.69) is 72.6 Å². The normalized spacial score (nSPS) is 19.8. The first kappa shape index (κ1) is 23.2. The molecule has 1 fully saturated rings. The molecule has 0 radical (unpaired) electrons. The number of nitrogens with zero attached hydrogens (tertiary/aromatic N) is 2. The summed E-state index contributed by atoms with van der Waals surface area (Å²) in [5, 5.41) is 7.03. The van der Waals surface area contributed by atoms with Crippen molar-refractivity contribution in [3.63, 3.8) is 0 Å². The van der Waals surface area contributed by atoms with Crippen LogP contribution in [0.15, 0.2) is 29.3 Å². The van der Waals surface area contributed by atoms with Crippen LogP contribution in [0.3, 0.4) is 0 Å². The minimum atomic E-state index is 0. The van der Waals surface area contributed by atoms with Crippen LogP contribution in [0.1, 0.15) is 50.8 Å². The summed E-state index contributed by atoms with van der Waals surface area (Å²) >= 11 is 0. The third-order valence-electron chi connectivity index (χ3n) is 4.98. The van der Waals surface area contributed by atoms with Crippen molar-refractivity contribution >= 4 is 29.9 Å². The van der Waals surface area contributed by atoms with Crippen molar-refractivity contribution in [3.8, 4) is 0 Å². The molecule has 2 atom stereocenters. The van der Waals surface area contributed by atoms with Crippen LogP contribution in [0.25, 0.3) is 0 Å². The molecule has 1 aliphatic rings.